The second-order valence-electron chi connectivity index (χ2n) is 9.10. The minimum atomic E-state index is -0.101. The highest BCUT2D eigenvalue weighted by molar-refractivity contribution is 5.92. The van der Waals surface area contributed by atoms with E-state index in [1.54, 1.807) is 6.08 Å². The molecule has 1 aliphatic heterocycles. The highest BCUT2D eigenvalue weighted by Crippen LogP contribution is 2.27. The minimum Gasteiger partial charge on any atom is -0.351 e. The number of benzene rings is 1. The van der Waals surface area contributed by atoms with E-state index in [0.717, 1.165) is 68.2 Å². The molecule has 1 aliphatic carbocycles. The van der Waals surface area contributed by atoms with Gasteiger partial charge in [-0.05, 0) is 44.9 Å². The van der Waals surface area contributed by atoms with Gasteiger partial charge < -0.3 is 10.2 Å². The fourth-order valence-corrected chi connectivity index (χ4v) is 4.89. The van der Waals surface area contributed by atoms with Gasteiger partial charge in [-0.2, -0.15) is 5.10 Å². The molecule has 4 rings (SSSR count). The molecule has 2 aromatic rings. The van der Waals surface area contributed by atoms with Crippen LogP contribution in [0.2, 0.25) is 0 Å². The Morgan fingerprint density at radius 1 is 1.06 bits per heavy atom. The van der Waals surface area contributed by atoms with E-state index in [1.807, 2.05) is 59.8 Å². The third kappa shape index (κ3) is 5.71. The molecule has 1 N–H and O–H groups in total. The van der Waals surface area contributed by atoms with Crippen molar-refractivity contribution in [1.82, 2.24) is 24.9 Å². The van der Waals surface area contributed by atoms with Crippen LogP contribution in [0.25, 0.3) is 11.8 Å². The number of piperazine rings is 1. The smallest absolute Gasteiger partial charge is 0.244 e. The number of carbonyl (C=O) groups is 2. The molecule has 2 fully saturated rings. The van der Waals surface area contributed by atoms with Crippen molar-refractivity contribution in [3.8, 4) is 5.69 Å². The normalized spacial score (nSPS) is 17.7. The predicted molar refractivity (Wildman–Crippen MR) is 130 cm³/mol. The van der Waals surface area contributed by atoms with Gasteiger partial charge in [0.1, 0.15) is 0 Å². The molecule has 2 heterocycles. The molecule has 0 bridgehead atoms. The second-order valence-corrected chi connectivity index (χ2v) is 9.10. The van der Waals surface area contributed by atoms with Crippen LogP contribution < -0.4 is 5.32 Å². The van der Waals surface area contributed by atoms with Crippen molar-refractivity contribution in [2.75, 3.05) is 39.3 Å². The highest BCUT2D eigenvalue weighted by atomic mass is 16.2. The molecule has 33 heavy (non-hydrogen) atoms. The lowest BCUT2D eigenvalue weighted by Gasteiger charge is -2.36. The number of hydrogen-bond acceptors (Lipinski definition) is 4. The molecule has 0 spiro atoms. The molecule has 2 aliphatic rings. The standard InChI is InChI=1S/C26H35N5O2/c1-20-24(21(2)31(28-20)23-10-4-3-5-11-23)12-13-25(32)27-14-15-29-16-18-30(19-17-29)26(33)22-8-6-7-9-22/h3-5,10-13,22H,6-9,14-19H2,1-2H3,(H,27,32)/b13-12+. The fraction of sp³-hybridized carbons (Fsp3) is 0.500. The monoisotopic (exact) mass is 449 g/mol. The van der Waals surface area contributed by atoms with E-state index < -0.39 is 0 Å². The van der Waals surface area contributed by atoms with E-state index in [1.165, 1.54) is 12.8 Å². The third-order valence-corrected chi connectivity index (χ3v) is 6.87. The first kappa shape index (κ1) is 23.2. The number of amides is 2. The van der Waals surface area contributed by atoms with Crippen molar-refractivity contribution >= 4 is 17.9 Å². The summed E-state index contributed by atoms with van der Waals surface area (Å²) in [4.78, 5) is 29.3. The molecular formula is C26H35N5O2. The number of para-hydroxylation sites is 1. The van der Waals surface area contributed by atoms with Gasteiger partial charge in [-0.25, -0.2) is 4.68 Å². The molecular weight excluding hydrogens is 414 g/mol. The van der Waals surface area contributed by atoms with E-state index in [4.69, 9.17) is 0 Å². The van der Waals surface area contributed by atoms with Crippen molar-refractivity contribution < 1.29 is 9.59 Å². The van der Waals surface area contributed by atoms with E-state index >= 15 is 0 Å². The summed E-state index contributed by atoms with van der Waals surface area (Å²) < 4.78 is 1.91. The summed E-state index contributed by atoms with van der Waals surface area (Å²) in [7, 11) is 0. The van der Waals surface area contributed by atoms with Crippen LogP contribution in [-0.4, -0.2) is 70.7 Å². The number of rotatable bonds is 7. The maximum atomic E-state index is 12.6. The zero-order valence-corrected chi connectivity index (χ0v) is 19.8. The Morgan fingerprint density at radius 2 is 1.76 bits per heavy atom. The summed E-state index contributed by atoms with van der Waals surface area (Å²) in [6.45, 7) is 8.72. The number of aromatic nitrogens is 2. The van der Waals surface area contributed by atoms with Crippen molar-refractivity contribution in [2.24, 2.45) is 5.92 Å². The predicted octanol–water partition coefficient (Wildman–Crippen LogP) is 2.95. The summed E-state index contributed by atoms with van der Waals surface area (Å²) in [5.74, 6) is 0.512. The second kappa shape index (κ2) is 10.8. The number of nitrogens with one attached hydrogen (secondary N) is 1. The fourth-order valence-electron chi connectivity index (χ4n) is 4.89. The summed E-state index contributed by atoms with van der Waals surface area (Å²) in [5.41, 5.74) is 3.88. The van der Waals surface area contributed by atoms with Crippen LogP contribution in [0.4, 0.5) is 0 Å². The maximum absolute atomic E-state index is 12.6. The lowest BCUT2D eigenvalue weighted by molar-refractivity contribution is -0.137. The molecule has 1 aromatic heterocycles. The van der Waals surface area contributed by atoms with Gasteiger partial charge in [0.2, 0.25) is 11.8 Å². The van der Waals surface area contributed by atoms with Gasteiger partial charge in [-0.1, -0.05) is 31.0 Å². The molecule has 2 amide bonds. The van der Waals surface area contributed by atoms with Crippen LogP contribution in [-0.2, 0) is 9.59 Å². The molecule has 0 atom stereocenters. The minimum absolute atomic E-state index is 0.101. The van der Waals surface area contributed by atoms with Gasteiger partial charge in [-0.3, -0.25) is 14.5 Å². The molecule has 7 heteroatoms. The third-order valence-electron chi connectivity index (χ3n) is 6.87. The van der Waals surface area contributed by atoms with E-state index in [2.05, 4.69) is 15.3 Å². The average Bonchev–Trinajstić information content (AvgIpc) is 3.47. The average molecular weight is 450 g/mol. The van der Waals surface area contributed by atoms with Crippen LogP contribution in [0.1, 0.15) is 42.6 Å². The number of nitrogens with zero attached hydrogens (tertiary/aromatic N) is 4. The van der Waals surface area contributed by atoms with Crippen molar-refractivity contribution in [1.29, 1.82) is 0 Å². The summed E-state index contributed by atoms with van der Waals surface area (Å²) in [5, 5.41) is 7.61. The van der Waals surface area contributed by atoms with Gasteiger partial charge in [0, 0.05) is 62.5 Å². The highest BCUT2D eigenvalue weighted by Gasteiger charge is 2.29. The number of aryl methyl sites for hydroxylation is 1. The molecule has 1 aromatic carbocycles. The maximum Gasteiger partial charge on any atom is 0.244 e. The van der Waals surface area contributed by atoms with Gasteiger partial charge in [0.25, 0.3) is 0 Å². The van der Waals surface area contributed by atoms with Crippen LogP contribution >= 0.6 is 0 Å². The number of carbonyl (C=O) groups excluding carboxylic acids is 2. The molecule has 0 unspecified atom stereocenters. The van der Waals surface area contributed by atoms with Crippen molar-refractivity contribution in [2.45, 2.75) is 39.5 Å². The topological polar surface area (TPSA) is 70.5 Å². The Kier molecular flexibility index (Phi) is 7.60. The van der Waals surface area contributed by atoms with Crippen LogP contribution in [0.15, 0.2) is 36.4 Å². The largest absolute Gasteiger partial charge is 0.351 e. The molecule has 1 saturated carbocycles. The van der Waals surface area contributed by atoms with Crippen molar-refractivity contribution in [3.05, 3.63) is 53.4 Å². The Morgan fingerprint density at radius 3 is 2.45 bits per heavy atom. The van der Waals surface area contributed by atoms with Gasteiger partial charge >= 0.3 is 0 Å². The Hall–Kier alpha value is -2.93. The zero-order chi connectivity index (χ0) is 23.2. The first-order valence-corrected chi connectivity index (χ1v) is 12.1. The van der Waals surface area contributed by atoms with Gasteiger partial charge in [0.15, 0.2) is 0 Å². The Balaban J connectivity index is 1.21. The first-order chi connectivity index (χ1) is 16.0. The molecule has 176 valence electrons. The van der Waals surface area contributed by atoms with Crippen molar-refractivity contribution in [3.63, 3.8) is 0 Å². The quantitative estimate of drug-likeness (QED) is 0.660. The summed E-state index contributed by atoms with van der Waals surface area (Å²) >= 11 is 0. The Labute approximate surface area is 196 Å². The Bertz CT molecular complexity index is 984. The first-order valence-electron chi connectivity index (χ1n) is 12.1. The van der Waals surface area contributed by atoms with Crippen LogP contribution in [0, 0.1) is 19.8 Å². The van der Waals surface area contributed by atoms with Crippen LogP contribution in [0.3, 0.4) is 0 Å². The number of hydrogen-bond donors (Lipinski definition) is 1. The van der Waals surface area contributed by atoms with Gasteiger partial charge in [-0.15, -0.1) is 0 Å². The van der Waals surface area contributed by atoms with Crippen LogP contribution in [0.5, 0.6) is 0 Å². The molecule has 1 saturated heterocycles. The van der Waals surface area contributed by atoms with Gasteiger partial charge in [0.05, 0.1) is 11.4 Å². The van der Waals surface area contributed by atoms with E-state index in [-0.39, 0.29) is 11.8 Å². The van der Waals surface area contributed by atoms with E-state index in [9.17, 15) is 9.59 Å². The zero-order valence-electron chi connectivity index (χ0n) is 19.8. The summed E-state index contributed by atoms with van der Waals surface area (Å²) in [6, 6.07) is 9.99. The molecule has 0 radical (unpaired) electrons. The van der Waals surface area contributed by atoms with E-state index in [0.29, 0.717) is 12.5 Å². The molecule has 7 nitrogen and oxygen atoms in total. The lowest BCUT2D eigenvalue weighted by Crippen LogP contribution is -2.51. The lowest BCUT2D eigenvalue weighted by atomic mass is 10.1. The summed E-state index contributed by atoms with van der Waals surface area (Å²) in [6.07, 6.45) is 7.94. The SMILES string of the molecule is Cc1nn(-c2ccccc2)c(C)c1/C=C/C(=O)NCCN1CCN(C(=O)C2CCCC2)CC1.